The Kier molecular flexibility index (Phi) is 4.65. The van der Waals surface area contributed by atoms with E-state index < -0.39 is 6.04 Å². The van der Waals surface area contributed by atoms with Gasteiger partial charge in [0, 0.05) is 30.7 Å². The van der Waals surface area contributed by atoms with Gasteiger partial charge in [-0.2, -0.15) is 5.10 Å². The fourth-order valence-electron chi connectivity index (χ4n) is 3.11. The van der Waals surface area contributed by atoms with E-state index in [4.69, 9.17) is 0 Å². The van der Waals surface area contributed by atoms with Gasteiger partial charge in [-0.1, -0.05) is 18.2 Å². The molecule has 2 amide bonds. The molecule has 1 atom stereocenters. The first-order valence-corrected chi connectivity index (χ1v) is 8.86. The SMILES string of the molecule is O=C(NC1CCCNC1=O)c1cn(-c2ccccc2)nc1-c1cccnc1. The molecule has 4 rings (SSSR count). The number of carbonyl (C=O) groups is 2. The number of amides is 2. The Labute approximate surface area is 156 Å². The number of rotatable bonds is 4. The van der Waals surface area contributed by atoms with Crippen LogP contribution in [0.25, 0.3) is 16.9 Å². The molecule has 27 heavy (non-hydrogen) atoms. The number of hydrogen-bond donors (Lipinski definition) is 2. The highest BCUT2D eigenvalue weighted by molar-refractivity contribution is 6.02. The quantitative estimate of drug-likeness (QED) is 0.743. The third-order valence-electron chi connectivity index (χ3n) is 4.51. The minimum Gasteiger partial charge on any atom is -0.354 e. The molecule has 0 bridgehead atoms. The number of aromatic nitrogens is 3. The summed E-state index contributed by atoms with van der Waals surface area (Å²) in [6, 6.07) is 12.7. The summed E-state index contributed by atoms with van der Waals surface area (Å²) >= 11 is 0. The Bertz CT molecular complexity index is 953. The Morgan fingerprint density at radius 1 is 1.19 bits per heavy atom. The van der Waals surface area contributed by atoms with E-state index in [1.165, 1.54) is 0 Å². The highest BCUT2D eigenvalue weighted by atomic mass is 16.2. The summed E-state index contributed by atoms with van der Waals surface area (Å²) in [5, 5.41) is 10.2. The molecule has 1 unspecified atom stereocenters. The number of piperidine rings is 1. The maximum absolute atomic E-state index is 12.9. The summed E-state index contributed by atoms with van der Waals surface area (Å²) < 4.78 is 1.66. The van der Waals surface area contributed by atoms with Crippen LogP contribution in [0, 0.1) is 0 Å². The molecule has 0 radical (unpaired) electrons. The van der Waals surface area contributed by atoms with E-state index in [0.717, 1.165) is 17.7 Å². The lowest BCUT2D eigenvalue weighted by molar-refractivity contribution is -0.124. The van der Waals surface area contributed by atoms with Crippen LogP contribution in [0.2, 0.25) is 0 Å². The number of benzene rings is 1. The van der Waals surface area contributed by atoms with Crippen LogP contribution in [0.1, 0.15) is 23.2 Å². The molecule has 0 aliphatic carbocycles. The van der Waals surface area contributed by atoms with E-state index in [-0.39, 0.29) is 11.8 Å². The summed E-state index contributed by atoms with van der Waals surface area (Å²) in [6.45, 7) is 0.651. The molecule has 0 spiro atoms. The summed E-state index contributed by atoms with van der Waals surface area (Å²) in [4.78, 5) is 29.0. The zero-order valence-electron chi connectivity index (χ0n) is 14.6. The zero-order chi connectivity index (χ0) is 18.6. The van der Waals surface area contributed by atoms with Crippen LogP contribution in [-0.4, -0.2) is 39.2 Å². The van der Waals surface area contributed by atoms with E-state index in [2.05, 4.69) is 20.7 Å². The van der Waals surface area contributed by atoms with Gasteiger partial charge in [0.15, 0.2) is 0 Å². The van der Waals surface area contributed by atoms with Gasteiger partial charge in [-0.05, 0) is 37.1 Å². The van der Waals surface area contributed by atoms with Gasteiger partial charge >= 0.3 is 0 Å². The zero-order valence-corrected chi connectivity index (χ0v) is 14.6. The average Bonchev–Trinajstić information content (AvgIpc) is 3.17. The summed E-state index contributed by atoms with van der Waals surface area (Å²) in [5.74, 6) is -0.467. The van der Waals surface area contributed by atoms with Crippen LogP contribution in [0.5, 0.6) is 0 Å². The Balaban J connectivity index is 1.70. The van der Waals surface area contributed by atoms with Crippen LogP contribution in [-0.2, 0) is 4.79 Å². The van der Waals surface area contributed by atoms with Crippen molar-refractivity contribution in [2.24, 2.45) is 0 Å². The molecule has 2 N–H and O–H groups in total. The smallest absolute Gasteiger partial charge is 0.255 e. The van der Waals surface area contributed by atoms with E-state index in [1.807, 2.05) is 36.4 Å². The van der Waals surface area contributed by atoms with E-state index in [0.29, 0.717) is 24.2 Å². The van der Waals surface area contributed by atoms with Crippen LogP contribution >= 0.6 is 0 Å². The number of carbonyl (C=O) groups excluding carboxylic acids is 2. The second-order valence-electron chi connectivity index (χ2n) is 6.37. The maximum Gasteiger partial charge on any atom is 0.255 e. The van der Waals surface area contributed by atoms with Gasteiger partial charge in [0.2, 0.25) is 5.91 Å². The standard InChI is InChI=1S/C20H19N5O2/c26-19(23-17-9-5-11-22-20(17)27)16-13-25(15-7-2-1-3-8-15)24-18(16)14-6-4-10-21-12-14/h1-4,6-8,10,12-13,17H,5,9,11H2,(H,22,27)(H,23,26). The second kappa shape index (κ2) is 7.41. The first kappa shape index (κ1) is 17.0. The Morgan fingerprint density at radius 3 is 2.78 bits per heavy atom. The van der Waals surface area contributed by atoms with Crippen LogP contribution in [0.4, 0.5) is 0 Å². The summed E-state index contributed by atoms with van der Waals surface area (Å²) in [7, 11) is 0. The predicted octanol–water partition coefficient (Wildman–Crippen LogP) is 1.94. The lowest BCUT2D eigenvalue weighted by Crippen LogP contribution is -2.50. The van der Waals surface area contributed by atoms with Crippen molar-refractivity contribution >= 4 is 11.8 Å². The first-order chi connectivity index (χ1) is 13.2. The topological polar surface area (TPSA) is 88.9 Å². The molecule has 1 saturated heterocycles. The average molecular weight is 361 g/mol. The highest BCUT2D eigenvalue weighted by Gasteiger charge is 2.26. The predicted molar refractivity (Wildman–Crippen MR) is 100 cm³/mol. The van der Waals surface area contributed by atoms with Gasteiger partial charge in [0.25, 0.3) is 5.91 Å². The van der Waals surface area contributed by atoms with Gasteiger partial charge in [0.05, 0.1) is 11.3 Å². The number of hydrogen-bond acceptors (Lipinski definition) is 4. The maximum atomic E-state index is 12.9. The minimum absolute atomic E-state index is 0.145. The van der Waals surface area contributed by atoms with Gasteiger partial charge in [-0.25, -0.2) is 4.68 Å². The van der Waals surface area contributed by atoms with Crippen molar-refractivity contribution < 1.29 is 9.59 Å². The van der Waals surface area contributed by atoms with Crippen molar-refractivity contribution in [1.29, 1.82) is 0 Å². The highest BCUT2D eigenvalue weighted by Crippen LogP contribution is 2.23. The normalized spacial score (nSPS) is 16.6. The van der Waals surface area contributed by atoms with Crippen LogP contribution in [0.3, 0.4) is 0 Å². The fraction of sp³-hybridized carbons (Fsp3) is 0.200. The molecular formula is C20H19N5O2. The van der Waals surface area contributed by atoms with Crippen LogP contribution < -0.4 is 10.6 Å². The van der Waals surface area contributed by atoms with Crippen molar-refractivity contribution in [3.05, 3.63) is 66.6 Å². The largest absolute Gasteiger partial charge is 0.354 e. The summed E-state index contributed by atoms with van der Waals surface area (Å²) in [5.41, 5.74) is 2.52. The Hall–Kier alpha value is -3.48. The number of pyridine rings is 1. The molecule has 3 heterocycles. The van der Waals surface area contributed by atoms with Gasteiger partial charge < -0.3 is 10.6 Å². The molecule has 1 aliphatic heterocycles. The molecule has 3 aromatic rings. The molecular weight excluding hydrogens is 342 g/mol. The number of nitrogens with one attached hydrogen (secondary N) is 2. The van der Waals surface area contributed by atoms with Crippen molar-refractivity contribution in [3.8, 4) is 16.9 Å². The molecule has 7 nitrogen and oxygen atoms in total. The van der Waals surface area contributed by atoms with E-state index in [1.54, 1.807) is 29.3 Å². The third-order valence-corrected chi connectivity index (χ3v) is 4.51. The van der Waals surface area contributed by atoms with Crippen LogP contribution in [0.15, 0.2) is 61.1 Å². The van der Waals surface area contributed by atoms with Gasteiger partial charge in [0.1, 0.15) is 11.7 Å². The summed E-state index contributed by atoms with van der Waals surface area (Å²) in [6.07, 6.45) is 6.50. The molecule has 7 heteroatoms. The van der Waals surface area contributed by atoms with Crippen molar-refractivity contribution in [2.45, 2.75) is 18.9 Å². The fourth-order valence-corrected chi connectivity index (χ4v) is 3.11. The molecule has 1 fully saturated rings. The van der Waals surface area contributed by atoms with Crippen molar-refractivity contribution in [3.63, 3.8) is 0 Å². The number of para-hydroxylation sites is 1. The molecule has 136 valence electrons. The minimum atomic E-state index is -0.520. The monoisotopic (exact) mass is 361 g/mol. The molecule has 1 aromatic carbocycles. The van der Waals surface area contributed by atoms with Crippen molar-refractivity contribution in [2.75, 3.05) is 6.54 Å². The number of nitrogens with zero attached hydrogens (tertiary/aromatic N) is 3. The van der Waals surface area contributed by atoms with E-state index >= 15 is 0 Å². The molecule has 1 aliphatic rings. The molecule has 0 saturated carbocycles. The van der Waals surface area contributed by atoms with Gasteiger partial charge in [-0.3, -0.25) is 14.6 Å². The van der Waals surface area contributed by atoms with E-state index in [9.17, 15) is 9.59 Å². The first-order valence-electron chi connectivity index (χ1n) is 8.86. The lowest BCUT2D eigenvalue weighted by Gasteiger charge is -2.22. The third kappa shape index (κ3) is 3.57. The lowest BCUT2D eigenvalue weighted by atomic mass is 10.1. The Morgan fingerprint density at radius 2 is 2.04 bits per heavy atom. The van der Waals surface area contributed by atoms with Crippen molar-refractivity contribution in [1.82, 2.24) is 25.4 Å². The molecule has 2 aromatic heterocycles. The van der Waals surface area contributed by atoms with Gasteiger partial charge in [-0.15, -0.1) is 0 Å². The second-order valence-corrected chi connectivity index (χ2v) is 6.37.